The van der Waals surface area contributed by atoms with Crippen LogP contribution in [-0.2, 0) is 6.42 Å². The first-order valence-corrected chi connectivity index (χ1v) is 7.98. The average Bonchev–Trinajstić information content (AvgIpc) is 2.89. The monoisotopic (exact) mass is 301 g/mol. The van der Waals surface area contributed by atoms with Gasteiger partial charge >= 0.3 is 5.97 Å². The Hall–Kier alpha value is -1.88. The van der Waals surface area contributed by atoms with E-state index in [1.165, 1.54) is 19.4 Å². The van der Waals surface area contributed by atoms with E-state index >= 15 is 0 Å². The number of hydrogen-bond donors (Lipinski definition) is 1. The molecule has 0 radical (unpaired) electrons. The quantitative estimate of drug-likeness (QED) is 0.943. The van der Waals surface area contributed by atoms with Gasteiger partial charge in [-0.3, -0.25) is 0 Å². The number of fused-ring (bicyclic) bond motifs is 1. The molecule has 1 unspecified atom stereocenters. The van der Waals surface area contributed by atoms with Crippen molar-refractivity contribution < 1.29 is 9.90 Å². The van der Waals surface area contributed by atoms with Crippen LogP contribution in [0.25, 0.3) is 5.65 Å². The molecular weight excluding hydrogens is 278 g/mol. The fourth-order valence-corrected chi connectivity index (χ4v) is 3.36. The second-order valence-electron chi connectivity index (χ2n) is 6.49. The predicted octanol–water partition coefficient (Wildman–Crippen LogP) is 2.70. The maximum Gasteiger partial charge on any atom is 0.339 e. The van der Waals surface area contributed by atoms with E-state index in [9.17, 15) is 9.90 Å². The number of hydrogen-bond acceptors (Lipinski definition) is 3. The van der Waals surface area contributed by atoms with Crippen LogP contribution in [0.15, 0.2) is 24.5 Å². The number of carbonyl (C=O) groups is 1. The van der Waals surface area contributed by atoms with E-state index < -0.39 is 5.97 Å². The van der Waals surface area contributed by atoms with Gasteiger partial charge in [0.05, 0.1) is 5.69 Å². The summed E-state index contributed by atoms with van der Waals surface area (Å²) in [5.41, 5.74) is 1.80. The number of pyridine rings is 1. The van der Waals surface area contributed by atoms with Gasteiger partial charge < -0.3 is 14.4 Å². The van der Waals surface area contributed by atoms with E-state index in [-0.39, 0.29) is 5.56 Å². The highest BCUT2D eigenvalue weighted by Gasteiger charge is 2.23. The van der Waals surface area contributed by atoms with Gasteiger partial charge in [0.1, 0.15) is 5.56 Å². The van der Waals surface area contributed by atoms with Gasteiger partial charge in [-0.2, -0.15) is 0 Å². The van der Waals surface area contributed by atoms with Crippen molar-refractivity contribution in [3.63, 3.8) is 0 Å². The topological polar surface area (TPSA) is 57.8 Å². The van der Waals surface area contributed by atoms with Crippen LogP contribution in [-0.4, -0.2) is 44.5 Å². The highest BCUT2D eigenvalue weighted by molar-refractivity contribution is 5.94. The molecule has 0 aliphatic carbocycles. The molecule has 3 heterocycles. The Balaban J connectivity index is 1.79. The lowest BCUT2D eigenvalue weighted by Gasteiger charge is -2.35. The lowest BCUT2D eigenvalue weighted by atomic mass is 9.93. The predicted molar refractivity (Wildman–Crippen MR) is 85.3 cm³/mol. The fourth-order valence-electron chi connectivity index (χ4n) is 3.36. The van der Waals surface area contributed by atoms with Crippen molar-refractivity contribution in [2.24, 2.45) is 5.92 Å². The zero-order valence-electron chi connectivity index (χ0n) is 13.2. The van der Waals surface area contributed by atoms with Gasteiger partial charge in [0, 0.05) is 25.0 Å². The molecule has 1 aliphatic rings. The normalized spacial score (nSPS) is 19.9. The third kappa shape index (κ3) is 2.99. The van der Waals surface area contributed by atoms with Crippen molar-refractivity contribution in [3.8, 4) is 0 Å². The Morgan fingerprint density at radius 3 is 3.05 bits per heavy atom. The van der Waals surface area contributed by atoms with Gasteiger partial charge in [-0.25, -0.2) is 9.78 Å². The van der Waals surface area contributed by atoms with Crippen LogP contribution in [0, 0.1) is 5.92 Å². The van der Waals surface area contributed by atoms with Crippen molar-refractivity contribution in [3.05, 3.63) is 35.8 Å². The van der Waals surface area contributed by atoms with E-state index in [2.05, 4.69) is 23.7 Å². The SMILES string of the molecule is CC(C)N1CCCC(Cc2cn3cccc(C(=O)O)c3n2)C1. The molecule has 1 fully saturated rings. The second-order valence-corrected chi connectivity index (χ2v) is 6.49. The van der Waals surface area contributed by atoms with Crippen LogP contribution in [0.4, 0.5) is 0 Å². The van der Waals surface area contributed by atoms with Gasteiger partial charge in [0.2, 0.25) is 0 Å². The molecule has 0 spiro atoms. The number of rotatable bonds is 4. The summed E-state index contributed by atoms with van der Waals surface area (Å²) in [6, 6.07) is 3.95. The fraction of sp³-hybridized carbons (Fsp3) is 0.529. The molecule has 1 atom stereocenters. The molecule has 5 nitrogen and oxygen atoms in total. The van der Waals surface area contributed by atoms with Crippen molar-refractivity contribution in [1.82, 2.24) is 14.3 Å². The van der Waals surface area contributed by atoms with E-state index in [0.717, 1.165) is 18.7 Å². The number of nitrogens with zero attached hydrogens (tertiary/aromatic N) is 3. The Bertz CT molecular complexity index is 678. The van der Waals surface area contributed by atoms with Gasteiger partial charge in [0.15, 0.2) is 5.65 Å². The number of likely N-dealkylation sites (tertiary alicyclic amines) is 1. The molecular formula is C17H23N3O2. The Labute approximate surface area is 130 Å². The molecule has 2 aromatic heterocycles. The van der Waals surface area contributed by atoms with Crippen molar-refractivity contribution in [2.45, 2.75) is 39.2 Å². The summed E-state index contributed by atoms with van der Waals surface area (Å²) < 4.78 is 1.82. The first-order valence-electron chi connectivity index (χ1n) is 7.98. The van der Waals surface area contributed by atoms with Gasteiger partial charge in [-0.15, -0.1) is 0 Å². The Morgan fingerprint density at radius 2 is 2.32 bits per heavy atom. The molecule has 0 amide bonds. The summed E-state index contributed by atoms with van der Waals surface area (Å²) in [6.45, 7) is 6.78. The molecule has 2 aromatic rings. The molecule has 0 saturated carbocycles. The van der Waals surface area contributed by atoms with E-state index in [4.69, 9.17) is 0 Å². The molecule has 0 aromatic carbocycles. The molecule has 1 N–H and O–H groups in total. The van der Waals surface area contributed by atoms with Crippen LogP contribution in [0.5, 0.6) is 0 Å². The molecule has 3 rings (SSSR count). The maximum atomic E-state index is 11.3. The number of carboxylic acid groups (broad SMARTS) is 1. The van der Waals surface area contributed by atoms with Crippen LogP contribution < -0.4 is 0 Å². The summed E-state index contributed by atoms with van der Waals surface area (Å²) in [5, 5.41) is 9.25. The maximum absolute atomic E-state index is 11.3. The van der Waals surface area contributed by atoms with Crippen molar-refractivity contribution in [2.75, 3.05) is 13.1 Å². The number of imidazole rings is 1. The molecule has 118 valence electrons. The third-order valence-corrected chi connectivity index (χ3v) is 4.54. The minimum absolute atomic E-state index is 0.265. The highest BCUT2D eigenvalue weighted by atomic mass is 16.4. The number of piperidine rings is 1. The highest BCUT2D eigenvalue weighted by Crippen LogP contribution is 2.22. The van der Waals surface area contributed by atoms with Gasteiger partial charge in [0.25, 0.3) is 0 Å². The minimum atomic E-state index is -0.925. The van der Waals surface area contributed by atoms with Crippen LogP contribution in [0.1, 0.15) is 42.7 Å². The minimum Gasteiger partial charge on any atom is -0.478 e. The van der Waals surface area contributed by atoms with Crippen molar-refractivity contribution in [1.29, 1.82) is 0 Å². The first kappa shape index (κ1) is 15.0. The van der Waals surface area contributed by atoms with Crippen molar-refractivity contribution >= 4 is 11.6 Å². The smallest absolute Gasteiger partial charge is 0.339 e. The van der Waals surface area contributed by atoms with E-state index in [1.54, 1.807) is 12.1 Å². The number of aromatic carboxylic acids is 1. The molecule has 1 aliphatic heterocycles. The van der Waals surface area contributed by atoms with E-state index in [1.807, 2.05) is 16.8 Å². The summed E-state index contributed by atoms with van der Waals surface area (Å²) in [5.74, 6) is -0.319. The first-order chi connectivity index (χ1) is 10.5. The summed E-state index contributed by atoms with van der Waals surface area (Å²) in [4.78, 5) is 18.4. The Morgan fingerprint density at radius 1 is 1.50 bits per heavy atom. The zero-order valence-corrected chi connectivity index (χ0v) is 13.2. The summed E-state index contributed by atoms with van der Waals surface area (Å²) >= 11 is 0. The van der Waals surface area contributed by atoms with Gasteiger partial charge in [-0.1, -0.05) is 0 Å². The number of carboxylic acids is 1. The standard InChI is InChI=1S/C17H23N3O2/c1-12(2)19-7-3-5-13(10-19)9-14-11-20-8-4-6-15(17(21)22)16(20)18-14/h4,6,8,11-13H,3,5,7,9-10H2,1-2H3,(H,21,22). The second kappa shape index (κ2) is 6.08. The third-order valence-electron chi connectivity index (χ3n) is 4.54. The van der Waals surface area contributed by atoms with Gasteiger partial charge in [-0.05, 0) is 57.7 Å². The average molecular weight is 301 g/mol. The molecule has 1 saturated heterocycles. The summed E-state index contributed by atoms with van der Waals surface area (Å²) in [6.07, 6.45) is 7.21. The zero-order chi connectivity index (χ0) is 15.7. The molecule has 5 heteroatoms. The molecule has 0 bridgehead atoms. The number of aromatic nitrogens is 2. The Kier molecular flexibility index (Phi) is 4.16. The van der Waals surface area contributed by atoms with Crippen LogP contribution in [0.2, 0.25) is 0 Å². The van der Waals surface area contributed by atoms with Crippen LogP contribution in [0.3, 0.4) is 0 Å². The largest absolute Gasteiger partial charge is 0.478 e. The van der Waals surface area contributed by atoms with E-state index in [0.29, 0.717) is 17.6 Å². The lowest BCUT2D eigenvalue weighted by Crippen LogP contribution is -2.40. The summed E-state index contributed by atoms with van der Waals surface area (Å²) in [7, 11) is 0. The molecule has 22 heavy (non-hydrogen) atoms. The lowest BCUT2D eigenvalue weighted by molar-refractivity contribution is 0.0698. The van der Waals surface area contributed by atoms with Crippen LogP contribution >= 0.6 is 0 Å².